The van der Waals surface area contributed by atoms with Gasteiger partial charge in [0, 0.05) is 11.4 Å². The summed E-state index contributed by atoms with van der Waals surface area (Å²) in [4.78, 5) is 4.55. The molecule has 0 saturated heterocycles. The van der Waals surface area contributed by atoms with Crippen molar-refractivity contribution in [1.29, 1.82) is 0 Å². The summed E-state index contributed by atoms with van der Waals surface area (Å²) in [5, 5.41) is 0. The summed E-state index contributed by atoms with van der Waals surface area (Å²) in [5.74, 6) is 0. The van der Waals surface area contributed by atoms with E-state index in [0.29, 0.717) is 0 Å². The van der Waals surface area contributed by atoms with Crippen LogP contribution in [0, 0.1) is 13.8 Å². The minimum Gasteiger partial charge on any atom is -0.258 e. The Hall–Kier alpha value is -1.63. The van der Waals surface area contributed by atoms with Crippen molar-refractivity contribution < 1.29 is 0 Å². The summed E-state index contributed by atoms with van der Waals surface area (Å²) in [5.41, 5.74) is 4.99. The smallest absolute Gasteiger partial charge is 0.0412 e. The van der Waals surface area contributed by atoms with Gasteiger partial charge < -0.3 is 0 Å². The lowest BCUT2D eigenvalue weighted by molar-refractivity contribution is 0.899. The maximum Gasteiger partial charge on any atom is 0.0412 e. The van der Waals surface area contributed by atoms with Crippen LogP contribution >= 0.6 is 0 Å². The zero-order valence-electron chi connectivity index (χ0n) is 9.90. The molecule has 0 unspecified atom stereocenters. The third kappa shape index (κ3) is 2.93. The van der Waals surface area contributed by atoms with E-state index in [0.717, 1.165) is 18.5 Å². The fourth-order valence-electron chi connectivity index (χ4n) is 1.97. The van der Waals surface area contributed by atoms with Gasteiger partial charge in [0.2, 0.25) is 0 Å². The predicted octanol–water partition coefficient (Wildman–Crippen LogP) is 3.48. The molecule has 2 aromatic rings. The van der Waals surface area contributed by atoms with Gasteiger partial charge in [-0.15, -0.1) is 0 Å². The van der Waals surface area contributed by atoms with E-state index in [-0.39, 0.29) is 0 Å². The molecule has 0 fully saturated rings. The molecule has 0 atom stereocenters. The van der Waals surface area contributed by atoms with Gasteiger partial charge in [-0.3, -0.25) is 4.98 Å². The number of rotatable bonds is 3. The van der Waals surface area contributed by atoms with E-state index < -0.39 is 0 Å². The predicted molar refractivity (Wildman–Crippen MR) is 67.6 cm³/mol. The lowest BCUT2D eigenvalue weighted by atomic mass is 10.1. The van der Waals surface area contributed by atoms with Crippen molar-refractivity contribution in [2.24, 2.45) is 0 Å². The minimum absolute atomic E-state index is 1.02. The van der Waals surface area contributed by atoms with E-state index in [4.69, 9.17) is 0 Å². The van der Waals surface area contributed by atoms with Crippen LogP contribution in [-0.2, 0) is 12.8 Å². The van der Waals surface area contributed by atoms with Crippen molar-refractivity contribution in [2.45, 2.75) is 26.7 Å². The number of aryl methyl sites for hydroxylation is 4. The normalized spacial score (nSPS) is 10.4. The summed E-state index contributed by atoms with van der Waals surface area (Å²) in [6, 6.07) is 14.9. The summed E-state index contributed by atoms with van der Waals surface area (Å²) < 4.78 is 0. The van der Waals surface area contributed by atoms with Gasteiger partial charge >= 0.3 is 0 Å². The number of hydrogen-bond donors (Lipinski definition) is 0. The van der Waals surface area contributed by atoms with Crippen molar-refractivity contribution in [3.05, 3.63) is 65.0 Å². The SMILES string of the molecule is Cc1cc(C)nc(CCc2ccccc2)c1. The van der Waals surface area contributed by atoms with Crippen LogP contribution in [0.15, 0.2) is 42.5 Å². The zero-order valence-corrected chi connectivity index (χ0v) is 9.90. The van der Waals surface area contributed by atoms with E-state index in [1.54, 1.807) is 0 Å². The number of aromatic nitrogens is 1. The van der Waals surface area contributed by atoms with Gasteiger partial charge in [-0.2, -0.15) is 0 Å². The van der Waals surface area contributed by atoms with Crippen LogP contribution in [0.2, 0.25) is 0 Å². The molecule has 0 aliphatic heterocycles. The first-order valence-electron chi connectivity index (χ1n) is 5.72. The maximum atomic E-state index is 4.55. The molecular formula is C15H17N. The van der Waals surface area contributed by atoms with Crippen LogP contribution in [0.3, 0.4) is 0 Å². The molecule has 1 heterocycles. The lowest BCUT2D eigenvalue weighted by Crippen LogP contribution is -1.96. The molecule has 0 aliphatic carbocycles. The third-order valence-electron chi connectivity index (χ3n) is 2.66. The van der Waals surface area contributed by atoms with Crippen LogP contribution in [0.4, 0.5) is 0 Å². The number of nitrogens with zero attached hydrogens (tertiary/aromatic N) is 1. The second kappa shape index (κ2) is 4.93. The van der Waals surface area contributed by atoms with Crippen LogP contribution in [0.1, 0.15) is 22.5 Å². The van der Waals surface area contributed by atoms with Crippen molar-refractivity contribution in [1.82, 2.24) is 4.98 Å². The molecule has 1 aromatic heterocycles. The molecule has 2 rings (SSSR count). The molecule has 0 N–H and O–H groups in total. The minimum atomic E-state index is 1.02. The number of pyridine rings is 1. The van der Waals surface area contributed by atoms with Crippen LogP contribution in [-0.4, -0.2) is 4.98 Å². The zero-order chi connectivity index (χ0) is 11.4. The fraction of sp³-hybridized carbons (Fsp3) is 0.267. The number of hydrogen-bond acceptors (Lipinski definition) is 1. The van der Waals surface area contributed by atoms with Crippen molar-refractivity contribution >= 4 is 0 Å². The molecule has 1 heteroatoms. The Morgan fingerprint density at radius 2 is 1.69 bits per heavy atom. The molecule has 16 heavy (non-hydrogen) atoms. The van der Waals surface area contributed by atoms with E-state index >= 15 is 0 Å². The van der Waals surface area contributed by atoms with Gasteiger partial charge in [-0.25, -0.2) is 0 Å². The molecular weight excluding hydrogens is 194 g/mol. The highest BCUT2D eigenvalue weighted by molar-refractivity contribution is 5.21. The van der Waals surface area contributed by atoms with Crippen molar-refractivity contribution in [2.75, 3.05) is 0 Å². The first-order valence-corrected chi connectivity index (χ1v) is 5.72. The van der Waals surface area contributed by atoms with E-state index in [1.807, 2.05) is 0 Å². The van der Waals surface area contributed by atoms with Crippen LogP contribution in [0.5, 0.6) is 0 Å². The van der Waals surface area contributed by atoms with Gasteiger partial charge in [0.25, 0.3) is 0 Å². The Kier molecular flexibility index (Phi) is 3.35. The molecule has 1 aromatic carbocycles. The quantitative estimate of drug-likeness (QED) is 0.757. The van der Waals surface area contributed by atoms with Gasteiger partial charge in [0.05, 0.1) is 0 Å². The van der Waals surface area contributed by atoms with Gasteiger partial charge in [-0.1, -0.05) is 30.3 Å². The summed E-state index contributed by atoms with van der Waals surface area (Å²) in [6.07, 6.45) is 2.09. The highest BCUT2D eigenvalue weighted by atomic mass is 14.7. The van der Waals surface area contributed by atoms with Crippen LogP contribution < -0.4 is 0 Å². The van der Waals surface area contributed by atoms with Crippen LogP contribution in [0.25, 0.3) is 0 Å². The van der Waals surface area contributed by atoms with E-state index in [1.165, 1.54) is 16.8 Å². The second-order valence-corrected chi connectivity index (χ2v) is 4.26. The summed E-state index contributed by atoms with van der Waals surface area (Å²) in [6.45, 7) is 4.18. The molecule has 0 saturated carbocycles. The molecule has 82 valence electrons. The molecule has 0 amide bonds. The molecule has 1 nitrogen and oxygen atoms in total. The van der Waals surface area contributed by atoms with Gasteiger partial charge in [0.15, 0.2) is 0 Å². The average molecular weight is 211 g/mol. The molecule has 0 bridgehead atoms. The molecule has 0 spiro atoms. The highest BCUT2D eigenvalue weighted by Crippen LogP contribution is 2.08. The highest BCUT2D eigenvalue weighted by Gasteiger charge is 1.98. The Morgan fingerprint density at radius 1 is 0.938 bits per heavy atom. The number of benzene rings is 1. The van der Waals surface area contributed by atoms with E-state index in [9.17, 15) is 0 Å². The third-order valence-corrected chi connectivity index (χ3v) is 2.66. The Labute approximate surface area is 97.2 Å². The summed E-state index contributed by atoms with van der Waals surface area (Å²) >= 11 is 0. The van der Waals surface area contributed by atoms with Gasteiger partial charge in [0.1, 0.15) is 0 Å². The fourth-order valence-corrected chi connectivity index (χ4v) is 1.97. The first-order chi connectivity index (χ1) is 7.74. The van der Waals surface area contributed by atoms with Crippen molar-refractivity contribution in [3.8, 4) is 0 Å². The second-order valence-electron chi connectivity index (χ2n) is 4.26. The Bertz CT molecular complexity index is 440. The van der Waals surface area contributed by atoms with E-state index in [2.05, 4.69) is 61.3 Å². The molecule has 0 aliphatic rings. The van der Waals surface area contributed by atoms with Gasteiger partial charge in [-0.05, 0) is 49.9 Å². The Morgan fingerprint density at radius 3 is 2.38 bits per heavy atom. The average Bonchev–Trinajstić information content (AvgIpc) is 2.27. The largest absolute Gasteiger partial charge is 0.258 e. The van der Waals surface area contributed by atoms with Crippen molar-refractivity contribution in [3.63, 3.8) is 0 Å². The molecule has 0 radical (unpaired) electrons. The first kappa shape index (κ1) is 10.9. The monoisotopic (exact) mass is 211 g/mol. The standard InChI is InChI=1S/C15H17N/c1-12-10-13(2)16-15(11-12)9-8-14-6-4-3-5-7-14/h3-7,10-11H,8-9H2,1-2H3. The lowest BCUT2D eigenvalue weighted by Gasteiger charge is -2.04. The maximum absolute atomic E-state index is 4.55. The Balaban J connectivity index is 2.05. The topological polar surface area (TPSA) is 12.9 Å². The summed E-state index contributed by atoms with van der Waals surface area (Å²) in [7, 11) is 0.